The standard InChI is InChI=1S/C19H18ClF3N2O3/c20-12-4-3-11(19(21,22)23)8-13(12)24-14(26)5-6-25-17(27)15-9-1-2-10(7-9)16(15)18(25)28/h3-4,8-10,15-16H,1-2,5-7H2,(H,24,26)/t9-,10-,15-,16+/m0/s1. The van der Waals surface area contributed by atoms with Gasteiger partial charge in [-0.25, -0.2) is 0 Å². The van der Waals surface area contributed by atoms with Crippen molar-refractivity contribution in [3.63, 3.8) is 0 Å². The van der Waals surface area contributed by atoms with E-state index in [1.807, 2.05) is 0 Å². The maximum absolute atomic E-state index is 12.8. The SMILES string of the molecule is O=C(CCN1C(=O)[C@@H]2[C@H]3CC[C@@H](C3)[C@@H]2C1=O)Nc1cc(C(F)(F)F)ccc1Cl. The molecule has 1 N–H and O–H groups in total. The Hall–Kier alpha value is -2.09. The molecule has 0 unspecified atom stereocenters. The summed E-state index contributed by atoms with van der Waals surface area (Å²) in [5.74, 6) is -1.04. The van der Waals surface area contributed by atoms with Crippen LogP contribution in [0.5, 0.6) is 0 Å². The highest BCUT2D eigenvalue weighted by atomic mass is 35.5. The molecule has 0 spiro atoms. The van der Waals surface area contributed by atoms with E-state index >= 15 is 0 Å². The van der Waals surface area contributed by atoms with Gasteiger partial charge in [-0.3, -0.25) is 19.3 Å². The highest BCUT2D eigenvalue weighted by Crippen LogP contribution is 2.56. The lowest BCUT2D eigenvalue weighted by molar-refractivity contribution is -0.141. The van der Waals surface area contributed by atoms with Crippen LogP contribution in [0.15, 0.2) is 18.2 Å². The minimum atomic E-state index is -4.56. The van der Waals surface area contributed by atoms with E-state index in [0.29, 0.717) is 0 Å². The molecule has 3 aliphatic rings. The van der Waals surface area contributed by atoms with Gasteiger partial charge in [-0.05, 0) is 49.3 Å². The van der Waals surface area contributed by atoms with Crippen LogP contribution in [0.25, 0.3) is 0 Å². The van der Waals surface area contributed by atoms with Crippen LogP contribution >= 0.6 is 11.6 Å². The zero-order valence-corrected chi connectivity index (χ0v) is 15.5. The van der Waals surface area contributed by atoms with Crippen molar-refractivity contribution in [2.45, 2.75) is 31.9 Å². The van der Waals surface area contributed by atoms with Crippen molar-refractivity contribution in [1.29, 1.82) is 0 Å². The summed E-state index contributed by atoms with van der Waals surface area (Å²) in [5.41, 5.74) is -1.09. The van der Waals surface area contributed by atoms with Gasteiger partial charge in [0.1, 0.15) is 0 Å². The quantitative estimate of drug-likeness (QED) is 0.764. The van der Waals surface area contributed by atoms with Gasteiger partial charge < -0.3 is 5.32 Å². The van der Waals surface area contributed by atoms with E-state index in [4.69, 9.17) is 11.6 Å². The Morgan fingerprint density at radius 3 is 2.32 bits per heavy atom. The van der Waals surface area contributed by atoms with Crippen LogP contribution in [-0.4, -0.2) is 29.2 Å². The first-order valence-electron chi connectivity index (χ1n) is 9.18. The predicted molar refractivity (Wildman–Crippen MR) is 94.2 cm³/mol. The van der Waals surface area contributed by atoms with E-state index in [1.54, 1.807) is 0 Å². The van der Waals surface area contributed by atoms with Crippen molar-refractivity contribution in [3.8, 4) is 0 Å². The summed E-state index contributed by atoms with van der Waals surface area (Å²) in [6, 6.07) is 2.64. The topological polar surface area (TPSA) is 66.5 Å². The van der Waals surface area contributed by atoms with Gasteiger partial charge in [0, 0.05) is 13.0 Å². The number of hydrogen-bond acceptors (Lipinski definition) is 3. The van der Waals surface area contributed by atoms with E-state index in [1.165, 1.54) is 0 Å². The Bertz CT molecular complexity index is 829. The van der Waals surface area contributed by atoms with E-state index < -0.39 is 17.6 Å². The van der Waals surface area contributed by atoms with Crippen molar-refractivity contribution < 1.29 is 27.6 Å². The van der Waals surface area contributed by atoms with E-state index in [9.17, 15) is 27.6 Å². The zero-order chi connectivity index (χ0) is 20.2. The van der Waals surface area contributed by atoms with Crippen LogP contribution in [-0.2, 0) is 20.6 Å². The van der Waals surface area contributed by atoms with Gasteiger partial charge in [-0.2, -0.15) is 13.2 Å². The average molecular weight is 415 g/mol. The summed E-state index contributed by atoms with van der Waals surface area (Å²) in [4.78, 5) is 38.5. The number of carbonyl (C=O) groups excluding carboxylic acids is 3. The lowest BCUT2D eigenvalue weighted by Gasteiger charge is -2.19. The molecular weight excluding hydrogens is 397 g/mol. The number of halogens is 4. The molecule has 0 radical (unpaired) electrons. The number of amides is 3. The fraction of sp³-hybridized carbons (Fsp3) is 0.526. The Labute approximate surface area is 164 Å². The van der Waals surface area contributed by atoms with E-state index in [-0.39, 0.29) is 59.2 Å². The monoisotopic (exact) mass is 414 g/mol. The summed E-state index contributed by atoms with van der Waals surface area (Å²) in [6.07, 6.45) is -1.90. The number of likely N-dealkylation sites (tertiary alicyclic amines) is 1. The summed E-state index contributed by atoms with van der Waals surface area (Å²) >= 11 is 5.87. The minimum absolute atomic E-state index is 0.0271. The Balaban J connectivity index is 1.39. The maximum atomic E-state index is 12.8. The molecule has 1 heterocycles. The molecule has 4 rings (SSSR count). The minimum Gasteiger partial charge on any atom is -0.325 e. The number of imide groups is 1. The highest BCUT2D eigenvalue weighted by Gasteiger charge is 2.60. The molecule has 1 saturated heterocycles. The number of fused-ring (bicyclic) bond motifs is 5. The average Bonchev–Trinajstić information content (AvgIpc) is 3.29. The second kappa shape index (κ2) is 6.76. The summed E-state index contributed by atoms with van der Waals surface area (Å²) < 4.78 is 38.5. The van der Waals surface area contributed by atoms with Crippen LogP contribution in [0, 0.1) is 23.7 Å². The van der Waals surface area contributed by atoms with Gasteiger partial charge in [0.25, 0.3) is 0 Å². The Morgan fingerprint density at radius 1 is 1.14 bits per heavy atom. The number of carbonyl (C=O) groups is 3. The Kier molecular flexibility index (Phi) is 4.64. The van der Waals surface area contributed by atoms with Crippen molar-refractivity contribution in [3.05, 3.63) is 28.8 Å². The van der Waals surface area contributed by atoms with Gasteiger partial charge in [0.05, 0.1) is 28.1 Å². The van der Waals surface area contributed by atoms with Crippen LogP contribution in [0.3, 0.4) is 0 Å². The third-order valence-electron chi connectivity index (χ3n) is 6.15. The van der Waals surface area contributed by atoms with Gasteiger partial charge in [0.2, 0.25) is 17.7 Å². The van der Waals surface area contributed by atoms with Crippen molar-refractivity contribution in [2.75, 3.05) is 11.9 Å². The number of alkyl halides is 3. The van der Waals surface area contributed by atoms with Gasteiger partial charge in [-0.1, -0.05) is 11.6 Å². The third kappa shape index (κ3) is 3.17. The zero-order valence-electron chi connectivity index (χ0n) is 14.8. The molecule has 2 aliphatic carbocycles. The molecule has 3 amide bonds. The van der Waals surface area contributed by atoms with Crippen LogP contribution in [0.2, 0.25) is 5.02 Å². The molecule has 4 atom stereocenters. The largest absolute Gasteiger partial charge is 0.416 e. The number of nitrogens with one attached hydrogen (secondary N) is 1. The molecule has 3 fully saturated rings. The molecule has 9 heteroatoms. The number of hydrogen-bond donors (Lipinski definition) is 1. The highest BCUT2D eigenvalue weighted by molar-refractivity contribution is 6.33. The Morgan fingerprint density at radius 2 is 1.75 bits per heavy atom. The van der Waals surface area contributed by atoms with Crippen LogP contribution in [0.1, 0.15) is 31.2 Å². The molecule has 0 aromatic heterocycles. The molecule has 28 heavy (non-hydrogen) atoms. The molecular formula is C19H18ClF3N2O3. The lowest BCUT2D eigenvalue weighted by Crippen LogP contribution is -2.35. The predicted octanol–water partition coefficient (Wildman–Crippen LogP) is 3.72. The van der Waals surface area contributed by atoms with E-state index in [2.05, 4.69) is 5.32 Å². The number of anilines is 1. The first kappa shape index (κ1) is 19.2. The first-order chi connectivity index (χ1) is 13.2. The summed E-state index contributed by atoms with van der Waals surface area (Å²) in [6.45, 7) is -0.0769. The fourth-order valence-electron chi connectivity index (χ4n) is 4.91. The second-order valence-corrected chi connectivity index (χ2v) is 8.11. The fourth-order valence-corrected chi connectivity index (χ4v) is 5.08. The van der Waals surface area contributed by atoms with Crippen LogP contribution < -0.4 is 5.32 Å². The molecule has 1 aliphatic heterocycles. The van der Waals surface area contributed by atoms with E-state index in [0.717, 1.165) is 42.4 Å². The molecule has 150 valence electrons. The van der Waals surface area contributed by atoms with Crippen molar-refractivity contribution >= 4 is 35.0 Å². The lowest BCUT2D eigenvalue weighted by atomic mass is 9.81. The maximum Gasteiger partial charge on any atom is 0.416 e. The third-order valence-corrected chi connectivity index (χ3v) is 6.48. The summed E-state index contributed by atoms with van der Waals surface area (Å²) in [7, 11) is 0. The van der Waals surface area contributed by atoms with Crippen LogP contribution in [0.4, 0.5) is 18.9 Å². The molecule has 5 nitrogen and oxygen atoms in total. The summed E-state index contributed by atoms with van der Waals surface area (Å²) in [5, 5.41) is 2.31. The van der Waals surface area contributed by atoms with Gasteiger partial charge >= 0.3 is 6.18 Å². The second-order valence-electron chi connectivity index (χ2n) is 7.70. The molecule has 2 bridgehead atoms. The van der Waals surface area contributed by atoms with Gasteiger partial charge in [-0.15, -0.1) is 0 Å². The number of rotatable bonds is 4. The van der Waals surface area contributed by atoms with Crippen molar-refractivity contribution in [2.24, 2.45) is 23.7 Å². The van der Waals surface area contributed by atoms with Crippen molar-refractivity contribution in [1.82, 2.24) is 4.90 Å². The normalized spacial score (nSPS) is 28.8. The van der Waals surface area contributed by atoms with Gasteiger partial charge in [0.15, 0.2) is 0 Å². The molecule has 2 saturated carbocycles. The number of nitrogens with zero attached hydrogens (tertiary/aromatic N) is 1. The molecule has 1 aromatic rings. The number of benzene rings is 1. The smallest absolute Gasteiger partial charge is 0.325 e. The molecule has 1 aromatic carbocycles. The first-order valence-corrected chi connectivity index (χ1v) is 9.56.